The van der Waals surface area contributed by atoms with Gasteiger partial charge in [-0.2, -0.15) is 0 Å². The summed E-state index contributed by atoms with van der Waals surface area (Å²) in [6.07, 6.45) is 40.8. The molecule has 2 atom stereocenters. The number of ether oxygens (including phenoxy) is 2. The van der Waals surface area contributed by atoms with Crippen molar-refractivity contribution in [2.75, 3.05) is 27.3 Å². The van der Waals surface area contributed by atoms with Crippen LogP contribution >= 0.6 is 0 Å². The van der Waals surface area contributed by atoms with E-state index < -0.39 is 22.9 Å². The fourth-order valence-electron chi connectivity index (χ4n) is 6.29. The first-order valence-corrected chi connectivity index (χ1v) is 23.4. The number of nitrogens with zero attached hydrogens (tertiary/aromatic N) is 1. The van der Waals surface area contributed by atoms with E-state index in [-0.39, 0.29) is 23.0 Å². The molecule has 1 N–H and O–H groups in total. The van der Waals surface area contributed by atoms with Crippen molar-refractivity contribution < 1.29 is 45.8 Å². The fourth-order valence-corrected chi connectivity index (χ4v) is 6.29. The van der Waals surface area contributed by atoms with E-state index in [2.05, 4.69) is 42.3 Å². The van der Waals surface area contributed by atoms with Crippen molar-refractivity contribution in [1.82, 2.24) is 0 Å². The first kappa shape index (κ1) is 55.3. The van der Waals surface area contributed by atoms with E-state index in [1.54, 1.807) is 0 Å². The number of hydrogen-bond acceptors (Lipinski definition) is 9. The minimum Gasteiger partial charge on any atom is -0.726 e. The molecular formula is C44H85NO9S. The van der Waals surface area contributed by atoms with Crippen molar-refractivity contribution >= 4 is 22.3 Å². The van der Waals surface area contributed by atoms with Gasteiger partial charge in [0.1, 0.15) is 6.54 Å². The van der Waals surface area contributed by atoms with E-state index in [0.29, 0.717) is 19.4 Å². The summed E-state index contributed by atoms with van der Waals surface area (Å²) in [4.78, 5) is 25.3. The first-order chi connectivity index (χ1) is 26.4. The van der Waals surface area contributed by atoms with Gasteiger partial charge in [-0.3, -0.25) is 18.3 Å². The number of aliphatic hydroxyl groups is 1. The first-order valence-electron chi connectivity index (χ1n) is 22.0. The van der Waals surface area contributed by atoms with Gasteiger partial charge in [-0.1, -0.05) is 141 Å². The van der Waals surface area contributed by atoms with Crippen molar-refractivity contribution in [3.8, 4) is 0 Å². The van der Waals surface area contributed by atoms with Crippen LogP contribution in [0, 0.1) is 0 Å². The molecule has 2 unspecified atom stereocenters. The number of esters is 2. The lowest BCUT2D eigenvalue weighted by molar-refractivity contribution is -0.987. The maximum atomic E-state index is 12.6. The molecule has 0 amide bonds. The third-order valence-electron chi connectivity index (χ3n) is 10.3. The summed E-state index contributed by atoms with van der Waals surface area (Å²) in [5.74, 6) is -0.446. The van der Waals surface area contributed by atoms with Gasteiger partial charge in [-0.15, -0.1) is 0 Å². The molecule has 0 radical (unpaired) electrons. The number of aliphatic hydroxyl groups excluding tert-OH is 1. The number of carbonyl (C=O) groups is 2. The Morgan fingerprint density at radius 3 is 1.13 bits per heavy atom. The largest absolute Gasteiger partial charge is 0.726 e. The Kier molecular flexibility index (Phi) is 39.3. The smallest absolute Gasteiger partial charge is 0.310 e. The topological polar surface area (TPSA) is 139 Å². The van der Waals surface area contributed by atoms with Crippen LogP contribution in [0.5, 0.6) is 0 Å². The van der Waals surface area contributed by atoms with Crippen molar-refractivity contribution in [3.05, 3.63) is 24.3 Å². The van der Waals surface area contributed by atoms with Crippen LogP contribution in [0.25, 0.3) is 0 Å². The molecule has 0 aliphatic heterocycles. The van der Waals surface area contributed by atoms with Crippen LogP contribution in [-0.2, 0) is 33.6 Å². The molecule has 0 fully saturated rings. The van der Waals surface area contributed by atoms with Crippen LogP contribution in [-0.4, -0.2) is 74.3 Å². The zero-order valence-corrected chi connectivity index (χ0v) is 37.1. The minimum absolute atomic E-state index is 0.0806. The number of quaternary nitrogens is 1. The number of unbranched alkanes of at least 4 members (excludes halogenated alkanes) is 22. The van der Waals surface area contributed by atoms with Crippen LogP contribution in [0.15, 0.2) is 24.3 Å². The maximum Gasteiger partial charge on any atom is 0.310 e. The molecular weight excluding hydrogens is 719 g/mol. The molecule has 0 aromatic heterocycles. The van der Waals surface area contributed by atoms with E-state index in [4.69, 9.17) is 9.47 Å². The van der Waals surface area contributed by atoms with Crippen LogP contribution < -0.4 is 0 Å². The monoisotopic (exact) mass is 804 g/mol. The number of rotatable bonds is 37. The summed E-state index contributed by atoms with van der Waals surface area (Å²) in [6, 6.07) is 0. The summed E-state index contributed by atoms with van der Waals surface area (Å²) in [5.41, 5.74) is 0. The van der Waals surface area contributed by atoms with E-state index in [0.717, 1.165) is 58.5 Å². The van der Waals surface area contributed by atoms with Gasteiger partial charge in [0.05, 0.1) is 20.8 Å². The van der Waals surface area contributed by atoms with E-state index in [1.165, 1.54) is 116 Å². The number of likely N-dealkylation sites (N-methyl/N-ethyl adjacent to an activating group) is 1. The SMILES string of the molecule is CCCCCCCCC=CCCCCCCCC(=O)OC(C)[N+](C)(CCO)C(C)OC(=O)CCCCCCCC=CCCCCCCCC.COS(=O)(=O)[O-]. The number of carbonyl (C=O) groups excluding carboxylic acids is 2. The third kappa shape index (κ3) is 37.5. The molecule has 0 aliphatic carbocycles. The van der Waals surface area contributed by atoms with E-state index in [1.807, 2.05) is 20.9 Å². The molecule has 11 heteroatoms. The highest BCUT2D eigenvalue weighted by Gasteiger charge is 2.39. The Morgan fingerprint density at radius 2 is 0.855 bits per heavy atom. The lowest BCUT2D eigenvalue weighted by atomic mass is 10.1. The summed E-state index contributed by atoms with van der Waals surface area (Å²) in [7, 11) is -1.72. The van der Waals surface area contributed by atoms with Gasteiger partial charge < -0.3 is 19.1 Å². The van der Waals surface area contributed by atoms with Crippen LogP contribution in [0.1, 0.15) is 207 Å². The summed E-state index contributed by atoms with van der Waals surface area (Å²) < 4.78 is 42.8. The molecule has 0 aromatic rings. The Balaban J connectivity index is 0. The molecule has 0 heterocycles. The highest BCUT2D eigenvalue weighted by atomic mass is 32.3. The molecule has 0 bridgehead atoms. The lowest BCUT2D eigenvalue weighted by Crippen LogP contribution is -2.60. The summed E-state index contributed by atoms with van der Waals surface area (Å²) >= 11 is 0. The van der Waals surface area contributed by atoms with Crippen LogP contribution in [0.4, 0.5) is 0 Å². The highest BCUT2D eigenvalue weighted by Crippen LogP contribution is 2.21. The lowest BCUT2D eigenvalue weighted by Gasteiger charge is -2.42. The van der Waals surface area contributed by atoms with Gasteiger partial charge in [0.25, 0.3) is 0 Å². The van der Waals surface area contributed by atoms with Crippen LogP contribution in [0.3, 0.4) is 0 Å². The summed E-state index contributed by atoms with van der Waals surface area (Å²) in [5, 5.41) is 9.77. The standard InChI is InChI=1S/C43H82NO5.CH4O4S/c1-6-8-10-12-14-16-18-20-22-24-26-28-30-32-34-36-42(46)48-40(3)44(5,38-39-45)41(4)49-43(47)37-35-33-31-29-27-25-23-21-19-17-15-13-11-9-7-2;1-5-6(2,3)4/h20-23,40-41,45H,6-19,24-39H2,1-5H3;1H3,(H,2,3,4)/q+1;/p-1. The predicted octanol–water partition coefficient (Wildman–Crippen LogP) is 11.4. The van der Waals surface area contributed by atoms with Crippen LogP contribution in [0.2, 0.25) is 0 Å². The quantitative estimate of drug-likeness (QED) is 0.0124. The Hall–Kier alpha value is -1.79. The number of hydrogen-bond donors (Lipinski definition) is 1. The second-order valence-corrected chi connectivity index (χ2v) is 16.4. The molecule has 0 saturated heterocycles. The van der Waals surface area contributed by atoms with Crippen molar-refractivity contribution in [3.63, 3.8) is 0 Å². The van der Waals surface area contributed by atoms with Gasteiger partial charge >= 0.3 is 11.9 Å². The fraction of sp³-hybridized carbons (Fsp3) is 0.864. The zero-order chi connectivity index (χ0) is 41.5. The van der Waals surface area contributed by atoms with Gasteiger partial charge in [-0.05, 0) is 64.2 Å². The molecule has 55 heavy (non-hydrogen) atoms. The van der Waals surface area contributed by atoms with Crippen molar-refractivity contribution in [1.29, 1.82) is 0 Å². The van der Waals surface area contributed by atoms with Crippen molar-refractivity contribution in [2.45, 2.75) is 220 Å². The second kappa shape index (κ2) is 39.1. The van der Waals surface area contributed by atoms with Gasteiger partial charge in [0, 0.05) is 26.7 Å². The predicted molar refractivity (Wildman–Crippen MR) is 225 cm³/mol. The summed E-state index contributed by atoms with van der Waals surface area (Å²) in [6.45, 7) is 8.45. The van der Waals surface area contributed by atoms with Gasteiger partial charge in [-0.25, -0.2) is 8.42 Å². The van der Waals surface area contributed by atoms with E-state index >= 15 is 0 Å². The zero-order valence-electron chi connectivity index (χ0n) is 36.2. The van der Waals surface area contributed by atoms with Crippen molar-refractivity contribution in [2.24, 2.45) is 0 Å². The molecule has 0 spiro atoms. The normalized spacial score (nSPS) is 14.0. The Bertz CT molecular complexity index is 988. The highest BCUT2D eigenvalue weighted by molar-refractivity contribution is 7.80. The molecule has 0 aromatic carbocycles. The minimum atomic E-state index is -4.41. The molecule has 0 saturated carbocycles. The maximum absolute atomic E-state index is 12.6. The molecule has 326 valence electrons. The second-order valence-electron chi connectivity index (χ2n) is 15.2. The molecule has 10 nitrogen and oxygen atoms in total. The van der Waals surface area contributed by atoms with E-state index in [9.17, 15) is 27.7 Å². The molecule has 0 rings (SSSR count). The Labute approximate surface area is 338 Å². The molecule has 0 aliphatic rings. The van der Waals surface area contributed by atoms with Gasteiger partial charge in [0.15, 0.2) is 0 Å². The Morgan fingerprint density at radius 1 is 0.582 bits per heavy atom. The average Bonchev–Trinajstić information content (AvgIpc) is 3.14. The third-order valence-corrected chi connectivity index (χ3v) is 10.7. The number of allylic oxidation sites excluding steroid dienone is 4. The van der Waals surface area contributed by atoms with Gasteiger partial charge in [0.2, 0.25) is 22.9 Å². The average molecular weight is 804 g/mol.